The number of nitrogens with one attached hydrogen (secondary N) is 1. The van der Waals surface area contributed by atoms with Crippen molar-refractivity contribution >= 4 is 0 Å². The zero-order valence-electron chi connectivity index (χ0n) is 10.8. The maximum Gasteiger partial charge on any atom is 0.123 e. The molecule has 0 amide bonds. The molecule has 0 aromatic heterocycles. The maximum atomic E-state index is 5.34. The normalized spacial score (nSPS) is 20.7. The van der Waals surface area contributed by atoms with Gasteiger partial charge in [-0.3, -0.25) is 0 Å². The van der Waals surface area contributed by atoms with Crippen molar-refractivity contribution in [3.63, 3.8) is 0 Å². The molecule has 1 aliphatic rings. The van der Waals surface area contributed by atoms with Crippen LogP contribution in [0.5, 0.6) is 5.75 Å². The third-order valence-electron chi connectivity index (χ3n) is 3.56. The van der Waals surface area contributed by atoms with Crippen LogP contribution in [0.3, 0.4) is 0 Å². The van der Waals surface area contributed by atoms with E-state index in [1.54, 1.807) is 7.11 Å². The molecule has 0 bridgehead atoms. The third kappa shape index (κ3) is 3.20. The number of methoxy groups -OCH3 is 1. The summed E-state index contributed by atoms with van der Waals surface area (Å²) in [6.07, 6.45) is 2.65. The van der Waals surface area contributed by atoms with Crippen molar-refractivity contribution in [2.24, 2.45) is 0 Å². The van der Waals surface area contributed by atoms with Crippen molar-refractivity contribution in [1.29, 1.82) is 0 Å². The Labute approximate surface area is 104 Å². The van der Waals surface area contributed by atoms with Gasteiger partial charge in [0.25, 0.3) is 0 Å². The number of hydrogen-bond donors (Lipinski definition) is 1. The molecule has 1 N–H and O–H groups in total. The summed E-state index contributed by atoms with van der Waals surface area (Å²) >= 11 is 0. The van der Waals surface area contributed by atoms with Crippen LogP contribution in [0.25, 0.3) is 0 Å². The van der Waals surface area contributed by atoms with E-state index < -0.39 is 0 Å². The number of hydrogen-bond acceptors (Lipinski definition) is 3. The Balaban J connectivity index is 1.81. The molecular formula is C14H22N2O. The summed E-state index contributed by atoms with van der Waals surface area (Å²) in [6, 6.07) is 8.89. The van der Waals surface area contributed by atoms with Crippen molar-refractivity contribution in [3.05, 3.63) is 29.8 Å². The van der Waals surface area contributed by atoms with E-state index in [0.29, 0.717) is 6.04 Å². The summed E-state index contributed by atoms with van der Waals surface area (Å²) in [5.74, 6) is 0.972. The number of para-hydroxylation sites is 1. The average molecular weight is 234 g/mol. The summed E-state index contributed by atoms with van der Waals surface area (Å²) in [6.45, 7) is 3.18. The zero-order chi connectivity index (χ0) is 12.1. The van der Waals surface area contributed by atoms with E-state index in [0.717, 1.165) is 18.8 Å². The Morgan fingerprint density at radius 3 is 2.94 bits per heavy atom. The molecule has 1 unspecified atom stereocenters. The largest absolute Gasteiger partial charge is 0.496 e. The molecule has 1 aromatic carbocycles. The van der Waals surface area contributed by atoms with Crippen molar-refractivity contribution in [2.45, 2.75) is 25.4 Å². The predicted molar refractivity (Wildman–Crippen MR) is 70.4 cm³/mol. The molecule has 3 heteroatoms. The second kappa shape index (κ2) is 6.03. The van der Waals surface area contributed by atoms with Gasteiger partial charge in [-0.25, -0.2) is 0 Å². The van der Waals surface area contributed by atoms with Crippen LogP contribution in [0, 0.1) is 0 Å². The van der Waals surface area contributed by atoms with Crippen molar-refractivity contribution < 1.29 is 4.74 Å². The van der Waals surface area contributed by atoms with Gasteiger partial charge < -0.3 is 15.0 Å². The van der Waals surface area contributed by atoms with Gasteiger partial charge in [0.05, 0.1) is 7.11 Å². The van der Waals surface area contributed by atoms with Crippen LogP contribution in [0.15, 0.2) is 24.3 Å². The summed E-state index contributed by atoms with van der Waals surface area (Å²) in [5.41, 5.74) is 1.23. The first-order valence-electron chi connectivity index (χ1n) is 6.34. The summed E-state index contributed by atoms with van der Waals surface area (Å²) in [4.78, 5) is 2.44. The minimum atomic E-state index is 0.699. The van der Waals surface area contributed by atoms with E-state index in [2.05, 4.69) is 29.4 Å². The molecule has 0 aliphatic carbocycles. The van der Waals surface area contributed by atoms with E-state index in [-0.39, 0.29) is 0 Å². The molecule has 1 saturated heterocycles. The molecule has 1 fully saturated rings. The topological polar surface area (TPSA) is 24.5 Å². The van der Waals surface area contributed by atoms with Crippen LogP contribution in [0.1, 0.15) is 18.4 Å². The van der Waals surface area contributed by atoms with Crippen LogP contribution in [0.2, 0.25) is 0 Å². The van der Waals surface area contributed by atoms with Gasteiger partial charge >= 0.3 is 0 Å². The summed E-state index contributed by atoms with van der Waals surface area (Å²) < 4.78 is 5.34. The monoisotopic (exact) mass is 234 g/mol. The molecule has 1 heterocycles. The highest BCUT2D eigenvalue weighted by Gasteiger charge is 2.19. The number of benzene rings is 1. The Morgan fingerprint density at radius 2 is 2.24 bits per heavy atom. The van der Waals surface area contributed by atoms with Gasteiger partial charge in [-0.1, -0.05) is 18.2 Å². The second-order valence-electron chi connectivity index (χ2n) is 4.72. The molecule has 3 nitrogen and oxygen atoms in total. The lowest BCUT2D eigenvalue weighted by atomic mass is 10.2. The number of likely N-dealkylation sites (tertiary alicyclic amines) is 1. The highest BCUT2D eigenvalue weighted by Crippen LogP contribution is 2.17. The van der Waals surface area contributed by atoms with Crippen molar-refractivity contribution in [1.82, 2.24) is 10.2 Å². The molecule has 0 spiro atoms. The SMILES string of the molecule is COc1ccccc1CNCC1CCCN1C. The first-order chi connectivity index (χ1) is 8.31. The Morgan fingerprint density at radius 1 is 1.41 bits per heavy atom. The highest BCUT2D eigenvalue weighted by molar-refractivity contribution is 5.32. The Hall–Kier alpha value is -1.06. The first kappa shape index (κ1) is 12.4. The minimum absolute atomic E-state index is 0.699. The predicted octanol–water partition coefficient (Wildman–Crippen LogP) is 1.88. The number of ether oxygens (including phenoxy) is 1. The minimum Gasteiger partial charge on any atom is -0.496 e. The molecule has 1 aliphatic heterocycles. The molecule has 94 valence electrons. The van der Waals surface area contributed by atoms with Gasteiger partial charge in [-0.05, 0) is 32.5 Å². The number of rotatable bonds is 5. The smallest absolute Gasteiger partial charge is 0.123 e. The lowest BCUT2D eigenvalue weighted by Gasteiger charge is -2.20. The van der Waals surface area contributed by atoms with Gasteiger partial charge in [0.15, 0.2) is 0 Å². The molecular weight excluding hydrogens is 212 g/mol. The average Bonchev–Trinajstić information content (AvgIpc) is 2.76. The fraction of sp³-hybridized carbons (Fsp3) is 0.571. The fourth-order valence-electron chi connectivity index (χ4n) is 2.46. The molecule has 1 atom stereocenters. The third-order valence-corrected chi connectivity index (χ3v) is 3.56. The molecule has 1 aromatic rings. The molecule has 17 heavy (non-hydrogen) atoms. The van der Waals surface area contributed by atoms with Crippen LogP contribution < -0.4 is 10.1 Å². The van der Waals surface area contributed by atoms with Gasteiger partial charge in [-0.2, -0.15) is 0 Å². The zero-order valence-corrected chi connectivity index (χ0v) is 10.8. The maximum absolute atomic E-state index is 5.34. The van der Waals surface area contributed by atoms with Gasteiger partial charge in [0.2, 0.25) is 0 Å². The van der Waals surface area contributed by atoms with Crippen LogP contribution >= 0.6 is 0 Å². The van der Waals surface area contributed by atoms with Crippen LogP contribution in [0.4, 0.5) is 0 Å². The van der Waals surface area contributed by atoms with E-state index >= 15 is 0 Å². The van der Waals surface area contributed by atoms with Gasteiger partial charge in [0, 0.05) is 24.7 Å². The van der Waals surface area contributed by atoms with E-state index in [1.807, 2.05) is 12.1 Å². The second-order valence-corrected chi connectivity index (χ2v) is 4.72. The number of likely N-dealkylation sites (N-methyl/N-ethyl adjacent to an activating group) is 1. The lowest BCUT2D eigenvalue weighted by Crippen LogP contribution is -2.35. The fourth-order valence-corrected chi connectivity index (χ4v) is 2.46. The molecule has 0 radical (unpaired) electrons. The summed E-state index contributed by atoms with van der Waals surface area (Å²) in [5, 5.41) is 3.53. The lowest BCUT2D eigenvalue weighted by molar-refractivity contribution is 0.299. The molecule has 2 rings (SSSR count). The quantitative estimate of drug-likeness (QED) is 0.842. The van der Waals surface area contributed by atoms with Crippen LogP contribution in [-0.4, -0.2) is 38.2 Å². The summed E-state index contributed by atoms with van der Waals surface area (Å²) in [7, 11) is 3.94. The van der Waals surface area contributed by atoms with Crippen molar-refractivity contribution in [2.75, 3.05) is 27.2 Å². The van der Waals surface area contributed by atoms with Crippen LogP contribution in [-0.2, 0) is 6.54 Å². The van der Waals surface area contributed by atoms with E-state index in [4.69, 9.17) is 4.74 Å². The van der Waals surface area contributed by atoms with E-state index in [9.17, 15) is 0 Å². The van der Waals surface area contributed by atoms with Gasteiger partial charge in [0.1, 0.15) is 5.75 Å². The van der Waals surface area contributed by atoms with E-state index in [1.165, 1.54) is 24.9 Å². The standard InChI is InChI=1S/C14H22N2O/c1-16-9-5-7-13(16)11-15-10-12-6-3-4-8-14(12)17-2/h3-4,6,8,13,15H,5,7,9-11H2,1-2H3. The van der Waals surface area contributed by atoms with Crippen molar-refractivity contribution in [3.8, 4) is 5.75 Å². The first-order valence-corrected chi connectivity index (χ1v) is 6.34. The molecule has 0 saturated carbocycles. The number of nitrogens with zero attached hydrogens (tertiary/aromatic N) is 1. The highest BCUT2D eigenvalue weighted by atomic mass is 16.5. The van der Waals surface area contributed by atoms with Gasteiger partial charge in [-0.15, -0.1) is 0 Å². The Bertz CT molecular complexity index is 354. The Kier molecular flexibility index (Phi) is 4.40.